The summed E-state index contributed by atoms with van der Waals surface area (Å²) in [6, 6.07) is 7.93. The molecule has 0 spiro atoms. The number of nitrogens with one attached hydrogen (secondary N) is 2. The molecule has 1 fully saturated rings. The second-order valence-corrected chi connectivity index (χ2v) is 5.66. The monoisotopic (exact) mass is 312 g/mol. The summed E-state index contributed by atoms with van der Waals surface area (Å²) < 4.78 is 5.32. The highest BCUT2D eigenvalue weighted by molar-refractivity contribution is 5.85. The first-order valence-electron chi connectivity index (χ1n) is 7.27. The van der Waals surface area contributed by atoms with Crippen molar-refractivity contribution >= 4 is 18.3 Å². The Morgan fingerprint density at radius 1 is 1.43 bits per heavy atom. The van der Waals surface area contributed by atoms with Crippen molar-refractivity contribution < 1.29 is 9.53 Å². The summed E-state index contributed by atoms with van der Waals surface area (Å²) in [4.78, 5) is 12.3. The largest absolute Gasteiger partial charge is 0.496 e. The van der Waals surface area contributed by atoms with Crippen molar-refractivity contribution in [1.29, 1.82) is 0 Å². The molecule has 0 aromatic heterocycles. The maximum absolute atomic E-state index is 12.3. The molecule has 5 heteroatoms. The SMILES string of the molecule is COc1ccccc1CCNC(=O)C1(C)CCCNC1.Cl. The Hall–Kier alpha value is -1.26. The molecular formula is C16H25ClN2O2. The summed E-state index contributed by atoms with van der Waals surface area (Å²) >= 11 is 0. The van der Waals surface area contributed by atoms with E-state index in [2.05, 4.69) is 10.6 Å². The van der Waals surface area contributed by atoms with Crippen LogP contribution in [-0.2, 0) is 11.2 Å². The van der Waals surface area contributed by atoms with E-state index >= 15 is 0 Å². The first-order valence-corrected chi connectivity index (χ1v) is 7.27. The van der Waals surface area contributed by atoms with Crippen molar-refractivity contribution in [3.05, 3.63) is 29.8 Å². The number of ether oxygens (including phenoxy) is 1. The van der Waals surface area contributed by atoms with Gasteiger partial charge in [-0.15, -0.1) is 12.4 Å². The van der Waals surface area contributed by atoms with Gasteiger partial charge in [0.05, 0.1) is 12.5 Å². The van der Waals surface area contributed by atoms with E-state index in [0.29, 0.717) is 6.54 Å². The highest BCUT2D eigenvalue weighted by Crippen LogP contribution is 2.25. The topological polar surface area (TPSA) is 50.4 Å². The van der Waals surface area contributed by atoms with E-state index in [9.17, 15) is 4.79 Å². The molecule has 2 N–H and O–H groups in total. The number of amides is 1. The number of rotatable bonds is 5. The predicted octanol–water partition coefficient (Wildman–Crippen LogP) is 2.17. The molecule has 21 heavy (non-hydrogen) atoms. The third-order valence-corrected chi connectivity index (χ3v) is 4.02. The molecular weight excluding hydrogens is 288 g/mol. The fourth-order valence-corrected chi connectivity index (χ4v) is 2.68. The van der Waals surface area contributed by atoms with Crippen molar-refractivity contribution in [2.24, 2.45) is 5.41 Å². The minimum absolute atomic E-state index is 0. The number of halogens is 1. The zero-order chi connectivity index (χ0) is 14.4. The molecule has 118 valence electrons. The number of hydrogen-bond donors (Lipinski definition) is 2. The molecule has 0 radical (unpaired) electrons. The van der Waals surface area contributed by atoms with Gasteiger partial charge in [-0.05, 0) is 44.4 Å². The van der Waals surface area contributed by atoms with E-state index in [-0.39, 0.29) is 23.7 Å². The molecule has 0 saturated carbocycles. The second kappa shape index (κ2) is 8.25. The Morgan fingerprint density at radius 3 is 2.86 bits per heavy atom. The normalized spacial score (nSPS) is 21.2. The molecule has 1 amide bonds. The quantitative estimate of drug-likeness (QED) is 0.876. The van der Waals surface area contributed by atoms with Gasteiger partial charge < -0.3 is 15.4 Å². The van der Waals surface area contributed by atoms with Crippen LogP contribution in [-0.4, -0.2) is 32.7 Å². The minimum atomic E-state index is -0.265. The molecule has 0 bridgehead atoms. The summed E-state index contributed by atoms with van der Waals surface area (Å²) in [5, 5.41) is 6.36. The Kier molecular flexibility index (Phi) is 6.99. The number of para-hydroxylation sites is 1. The van der Waals surface area contributed by atoms with Gasteiger partial charge in [0.25, 0.3) is 0 Å². The van der Waals surface area contributed by atoms with Gasteiger partial charge in [0.15, 0.2) is 0 Å². The molecule has 1 heterocycles. The molecule has 1 aliphatic rings. The Labute approximate surface area is 133 Å². The molecule has 1 unspecified atom stereocenters. The zero-order valence-corrected chi connectivity index (χ0v) is 13.6. The number of carbonyl (C=O) groups excluding carboxylic acids is 1. The van der Waals surface area contributed by atoms with Crippen molar-refractivity contribution in [2.75, 3.05) is 26.7 Å². The highest BCUT2D eigenvalue weighted by atomic mass is 35.5. The van der Waals surface area contributed by atoms with Gasteiger partial charge in [-0.3, -0.25) is 4.79 Å². The zero-order valence-electron chi connectivity index (χ0n) is 12.8. The summed E-state index contributed by atoms with van der Waals surface area (Å²) in [7, 11) is 1.67. The van der Waals surface area contributed by atoms with Crippen LogP contribution in [0, 0.1) is 5.41 Å². The first kappa shape index (κ1) is 17.8. The van der Waals surface area contributed by atoms with Crippen molar-refractivity contribution in [3.8, 4) is 5.75 Å². The van der Waals surface area contributed by atoms with Gasteiger partial charge in [-0.25, -0.2) is 0 Å². The van der Waals surface area contributed by atoms with E-state index in [1.54, 1.807) is 7.11 Å². The number of benzene rings is 1. The number of methoxy groups -OCH3 is 1. The van der Waals surface area contributed by atoms with E-state index in [4.69, 9.17) is 4.74 Å². The third kappa shape index (κ3) is 4.61. The molecule has 1 atom stereocenters. The van der Waals surface area contributed by atoms with Gasteiger partial charge >= 0.3 is 0 Å². The average molecular weight is 313 g/mol. The first-order chi connectivity index (χ1) is 9.65. The van der Waals surface area contributed by atoms with Crippen LogP contribution in [0.2, 0.25) is 0 Å². The predicted molar refractivity (Wildman–Crippen MR) is 87.2 cm³/mol. The van der Waals surface area contributed by atoms with Gasteiger partial charge in [-0.2, -0.15) is 0 Å². The molecule has 0 aliphatic carbocycles. The lowest BCUT2D eigenvalue weighted by atomic mass is 9.82. The van der Waals surface area contributed by atoms with Gasteiger partial charge in [0, 0.05) is 13.1 Å². The van der Waals surface area contributed by atoms with Crippen LogP contribution in [0.25, 0.3) is 0 Å². The lowest BCUT2D eigenvalue weighted by Gasteiger charge is -2.32. The van der Waals surface area contributed by atoms with Crippen LogP contribution in [0.3, 0.4) is 0 Å². The van der Waals surface area contributed by atoms with Crippen LogP contribution >= 0.6 is 12.4 Å². The molecule has 1 aromatic carbocycles. The van der Waals surface area contributed by atoms with Crippen molar-refractivity contribution in [1.82, 2.24) is 10.6 Å². The third-order valence-electron chi connectivity index (χ3n) is 4.02. The van der Waals surface area contributed by atoms with Crippen LogP contribution < -0.4 is 15.4 Å². The smallest absolute Gasteiger partial charge is 0.227 e. The lowest BCUT2D eigenvalue weighted by molar-refractivity contribution is -0.131. The van der Waals surface area contributed by atoms with Crippen molar-refractivity contribution in [3.63, 3.8) is 0 Å². The Bertz CT molecular complexity index is 459. The maximum Gasteiger partial charge on any atom is 0.227 e. The fraction of sp³-hybridized carbons (Fsp3) is 0.562. The fourth-order valence-electron chi connectivity index (χ4n) is 2.68. The summed E-state index contributed by atoms with van der Waals surface area (Å²) in [5.41, 5.74) is 0.862. The minimum Gasteiger partial charge on any atom is -0.496 e. The van der Waals surface area contributed by atoms with E-state index in [0.717, 1.165) is 43.7 Å². The van der Waals surface area contributed by atoms with Crippen LogP contribution in [0.4, 0.5) is 0 Å². The molecule has 1 aromatic rings. The van der Waals surface area contributed by atoms with Crippen LogP contribution in [0.5, 0.6) is 5.75 Å². The lowest BCUT2D eigenvalue weighted by Crippen LogP contribution is -2.49. The standard InChI is InChI=1S/C16H24N2O2.ClH/c1-16(9-5-10-17-12-16)15(19)18-11-8-13-6-3-4-7-14(13)20-2;/h3-4,6-7,17H,5,8-12H2,1-2H3,(H,18,19);1H. The Balaban J connectivity index is 0.00000220. The molecule has 4 nitrogen and oxygen atoms in total. The highest BCUT2D eigenvalue weighted by Gasteiger charge is 2.34. The van der Waals surface area contributed by atoms with Gasteiger partial charge in [-0.1, -0.05) is 18.2 Å². The molecule has 2 rings (SSSR count). The molecule has 1 aliphatic heterocycles. The number of hydrogen-bond acceptors (Lipinski definition) is 3. The molecule has 1 saturated heterocycles. The van der Waals surface area contributed by atoms with Gasteiger partial charge in [0.1, 0.15) is 5.75 Å². The average Bonchev–Trinajstić information content (AvgIpc) is 2.48. The number of carbonyl (C=O) groups is 1. The van der Waals surface area contributed by atoms with Gasteiger partial charge in [0.2, 0.25) is 5.91 Å². The summed E-state index contributed by atoms with van der Waals surface area (Å²) in [5.74, 6) is 1.03. The second-order valence-electron chi connectivity index (χ2n) is 5.66. The summed E-state index contributed by atoms with van der Waals surface area (Å²) in [6.07, 6.45) is 2.82. The maximum atomic E-state index is 12.3. The van der Waals surface area contributed by atoms with Crippen molar-refractivity contribution in [2.45, 2.75) is 26.2 Å². The van der Waals surface area contributed by atoms with Crippen LogP contribution in [0.1, 0.15) is 25.3 Å². The van der Waals surface area contributed by atoms with E-state index in [1.165, 1.54) is 0 Å². The number of piperidine rings is 1. The van der Waals surface area contributed by atoms with E-state index in [1.807, 2.05) is 31.2 Å². The Morgan fingerprint density at radius 2 is 2.19 bits per heavy atom. The summed E-state index contributed by atoms with van der Waals surface area (Å²) in [6.45, 7) is 4.48. The van der Waals surface area contributed by atoms with Crippen LogP contribution in [0.15, 0.2) is 24.3 Å². The van der Waals surface area contributed by atoms with E-state index < -0.39 is 0 Å².